The monoisotopic (exact) mass is 261 g/mol. The van der Waals surface area contributed by atoms with E-state index in [9.17, 15) is 0 Å². The van der Waals surface area contributed by atoms with Gasteiger partial charge in [-0.15, -0.1) is 0 Å². The third kappa shape index (κ3) is 3.73. The first-order chi connectivity index (χ1) is 9.22. The summed E-state index contributed by atoms with van der Waals surface area (Å²) in [6.07, 6.45) is 5.66. The van der Waals surface area contributed by atoms with Crippen molar-refractivity contribution >= 4 is 0 Å². The molecule has 1 N–H and O–H groups in total. The number of rotatable bonds is 6. The van der Waals surface area contributed by atoms with Crippen LogP contribution < -0.4 is 10.1 Å². The Labute approximate surface area is 117 Å². The molecule has 2 rings (SSSR count). The maximum atomic E-state index is 5.99. The van der Waals surface area contributed by atoms with Crippen LogP contribution in [-0.2, 0) is 0 Å². The van der Waals surface area contributed by atoms with Gasteiger partial charge in [0, 0.05) is 11.6 Å². The summed E-state index contributed by atoms with van der Waals surface area (Å²) in [4.78, 5) is 0. The van der Waals surface area contributed by atoms with E-state index >= 15 is 0 Å². The minimum Gasteiger partial charge on any atom is -0.491 e. The molecule has 1 aliphatic carbocycles. The van der Waals surface area contributed by atoms with Gasteiger partial charge in [-0.1, -0.05) is 38.0 Å². The van der Waals surface area contributed by atoms with E-state index in [1.807, 2.05) is 0 Å². The quantitative estimate of drug-likeness (QED) is 0.823. The zero-order valence-electron chi connectivity index (χ0n) is 12.5. The molecular formula is C17H27NO. The van der Waals surface area contributed by atoms with E-state index < -0.39 is 0 Å². The van der Waals surface area contributed by atoms with E-state index in [4.69, 9.17) is 4.74 Å². The molecule has 0 aliphatic heterocycles. The minimum absolute atomic E-state index is 0.229. The Balaban J connectivity index is 2.24. The zero-order valence-corrected chi connectivity index (χ0v) is 12.5. The number of benzene rings is 1. The summed E-state index contributed by atoms with van der Waals surface area (Å²) in [5.74, 6) is 1.81. The van der Waals surface area contributed by atoms with Crippen molar-refractivity contribution in [3.05, 3.63) is 29.8 Å². The van der Waals surface area contributed by atoms with Crippen LogP contribution in [0.5, 0.6) is 5.75 Å². The predicted molar refractivity (Wildman–Crippen MR) is 80.6 cm³/mol. The minimum atomic E-state index is 0.229. The molecule has 1 unspecified atom stereocenters. The Morgan fingerprint density at radius 3 is 2.53 bits per heavy atom. The average molecular weight is 261 g/mol. The zero-order chi connectivity index (χ0) is 13.7. The van der Waals surface area contributed by atoms with E-state index in [0.29, 0.717) is 6.04 Å². The number of ether oxygens (including phenoxy) is 1. The van der Waals surface area contributed by atoms with Gasteiger partial charge in [0.15, 0.2) is 0 Å². The van der Waals surface area contributed by atoms with Crippen molar-refractivity contribution < 1.29 is 4.74 Å². The normalized spacial score (nSPS) is 17.9. The molecule has 0 spiro atoms. The molecule has 19 heavy (non-hydrogen) atoms. The van der Waals surface area contributed by atoms with Gasteiger partial charge in [0.2, 0.25) is 0 Å². The summed E-state index contributed by atoms with van der Waals surface area (Å²) >= 11 is 0. The molecule has 1 atom stereocenters. The fourth-order valence-corrected chi connectivity index (χ4v) is 3.14. The van der Waals surface area contributed by atoms with Crippen molar-refractivity contribution in [2.45, 2.75) is 58.6 Å². The molecule has 2 nitrogen and oxygen atoms in total. The van der Waals surface area contributed by atoms with Gasteiger partial charge in [0.25, 0.3) is 0 Å². The van der Waals surface area contributed by atoms with Crippen LogP contribution in [0.4, 0.5) is 0 Å². The molecule has 106 valence electrons. The van der Waals surface area contributed by atoms with Crippen LogP contribution in [0, 0.1) is 5.92 Å². The standard InChI is InChI=1S/C17H27NO/c1-4-18-17(14-9-5-6-10-14)15-11-7-8-12-16(15)19-13(2)3/h7-8,11-14,17-18H,4-6,9-10H2,1-3H3. The number of para-hydroxylation sites is 1. The van der Waals surface area contributed by atoms with E-state index in [1.165, 1.54) is 31.2 Å². The fraction of sp³-hybridized carbons (Fsp3) is 0.647. The molecule has 2 heteroatoms. The smallest absolute Gasteiger partial charge is 0.124 e. The lowest BCUT2D eigenvalue weighted by atomic mass is 9.91. The lowest BCUT2D eigenvalue weighted by molar-refractivity contribution is 0.234. The van der Waals surface area contributed by atoms with Crippen LogP contribution in [0.3, 0.4) is 0 Å². The number of hydrogen-bond donors (Lipinski definition) is 1. The third-order valence-electron chi connectivity index (χ3n) is 3.91. The summed E-state index contributed by atoms with van der Waals surface area (Å²) in [5, 5.41) is 3.67. The summed E-state index contributed by atoms with van der Waals surface area (Å²) in [5.41, 5.74) is 1.34. The molecule has 1 saturated carbocycles. The largest absolute Gasteiger partial charge is 0.491 e. The van der Waals surface area contributed by atoms with Gasteiger partial charge in [0.05, 0.1) is 6.10 Å². The van der Waals surface area contributed by atoms with Crippen molar-refractivity contribution in [3.63, 3.8) is 0 Å². The second-order valence-corrected chi connectivity index (χ2v) is 5.78. The first kappa shape index (κ1) is 14.4. The van der Waals surface area contributed by atoms with Crippen LogP contribution in [0.25, 0.3) is 0 Å². The molecule has 1 aromatic carbocycles. The molecule has 1 aliphatic rings. The van der Waals surface area contributed by atoms with Gasteiger partial charge in [0.1, 0.15) is 5.75 Å². The summed E-state index contributed by atoms with van der Waals surface area (Å²) in [7, 11) is 0. The maximum absolute atomic E-state index is 5.99. The Kier molecular flexibility index (Phi) is 5.26. The molecule has 0 saturated heterocycles. The van der Waals surface area contributed by atoms with Crippen LogP contribution in [-0.4, -0.2) is 12.6 Å². The second kappa shape index (κ2) is 6.95. The van der Waals surface area contributed by atoms with Crippen molar-refractivity contribution in [2.75, 3.05) is 6.54 Å². The lowest BCUT2D eigenvalue weighted by Crippen LogP contribution is -2.27. The molecule has 1 aromatic rings. The van der Waals surface area contributed by atoms with Crippen LogP contribution in [0.15, 0.2) is 24.3 Å². The van der Waals surface area contributed by atoms with Gasteiger partial charge in [-0.3, -0.25) is 0 Å². The Hall–Kier alpha value is -1.02. The Morgan fingerprint density at radius 2 is 1.89 bits per heavy atom. The van der Waals surface area contributed by atoms with Crippen LogP contribution in [0.1, 0.15) is 58.1 Å². The molecule has 0 radical (unpaired) electrons. The summed E-state index contributed by atoms with van der Waals surface area (Å²) < 4.78 is 5.99. The van der Waals surface area contributed by atoms with E-state index in [2.05, 4.69) is 50.4 Å². The SMILES string of the molecule is CCNC(c1ccccc1OC(C)C)C1CCCC1. The second-order valence-electron chi connectivity index (χ2n) is 5.78. The summed E-state index contributed by atoms with van der Waals surface area (Å²) in [6.45, 7) is 7.38. The molecule has 0 aromatic heterocycles. The molecule has 0 amide bonds. The number of hydrogen-bond acceptors (Lipinski definition) is 2. The first-order valence-corrected chi connectivity index (χ1v) is 7.71. The topological polar surface area (TPSA) is 21.3 Å². The van der Waals surface area contributed by atoms with E-state index in [-0.39, 0.29) is 6.10 Å². The third-order valence-corrected chi connectivity index (χ3v) is 3.91. The molecule has 0 bridgehead atoms. The van der Waals surface area contributed by atoms with Crippen LogP contribution >= 0.6 is 0 Å². The van der Waals surface area contributed by atoms with Gasteiger partial charge >= 0.3 is 0 Å². The Bertz CT molecular complexity index is 383. The van der Waals surface area contributed by atoms with E-state index in [0.717, 1.165) is 18.2 Å². The highest BCUT2D eigenvalue weighted by atomic mass is 16.5. The fourth-order valence-electron chi connectivity index (χ4n) is 3.14. The van der Waals surface area contributed by atoms with E-state index in [1.54, 1.807) is 0 Å². The van der Waals surface area contributed by atoms with Gasteiger partial charge in [-0.25, -0.2) is 0 Å². The van der Waals surface area contributed by atoms with Crippen molar-refractivity contribution in [1.82, 2.24) is 5.32 Å². The van der Waals surface area contributed by atoms with Crippen molar-refractivity contribution in [1.29, 1.82) is 0 Å². The highest BCUT2D eigenvalue weighted by molar-refractivity contribution is 5.36. The average Bonchev–Trinajstić information content (AvgIpc) is 2.90. The maximum Gasteiger partial charge on any atom is 0.124 e. The van der Waals surface area contributed by atoms with Crippen molar-refractivity contribution in [2.24, 2.45) is 5.92 Å². The first-order valence-electron chi connectivity index (χ1n) is 7.71. The van der Waals surface area contributed by atoms with Crippen molar-refractivity contribution in [3.8, 4) is 5.75 Å². The number of nitrogens with one attached hydrogen (secondary N) is 1. The van der Waals surface area contributed by atoms with Gasteiger partial charge < -0.3 is 10.1 Å². The highest BCUT2D eigenvalue weighted by Gasteiger charge is 2.27. The molecule has 0 heterocycles. The summed E-state index contributed by atoms with van der Waals surface area (Å²) in [6, 6.07) is 8.97. The van der Waals surface area contributed by atoms with Gasteiger partial charge in [-0.05, 0) is 45.2 Å². The molecule has 1 fully saturated rings. The molecular weight excluding hydrogens is 234 g/mol. The van der Waals surface area contributed by atoms with Crippen LogP contribution in [0.2, 0.25) is 0 Å². The lowest BCUT2D eigenvalue weighted by Gasteiger charge is -2.27. The van der Waals surface area contributed by atoms with Gasteiger partial charge in [-0.2, -0.15) is 0 Å². The highest BCUT2D eigenvalue weighted by Crippen LogP contribution is 2.39. The Morgan fingerprint density at radius 1 is 1.21 bits per heavy atom. The predicted octanol–water partition coefficient (Wildman–Crippen LogP) is 4.31.